The second-order valence-electron chi connectivity index (χ2n) is 4.42. The van der Waals surface area contributed by atoms with Crippen molar-refractivity contribution in [2.45, 2.75) is 39.7 Å². The van der Waals surface area contributed by atoms with Gasteiger partial charge in [-0.3, -0.25) is 4.79 Å². The van der Waals surface area contributed by atoms with E-state index in [1.165, 1.54) is 0 Å². The Kier molecular flexibility index (Phi) is 8.16. The molecule has 0 aliphatic heterocycles. The number of carbonyl (C=O) groups is 1. The Balaban J connectivity index is 3.84. The molecule has 102 valence electrons. The van der Waals surface area contributed by atoms with E-state index in [1.54, 1.807) is 13.8 Å². The maximum atomic E-state index is 11.6. The zero-order valence-electron chi connectivity index (χ0n) is 11.0. The maximum absolute atomic E-state index is 11.6. The van der Waals surface area contributed by atoms with Crippen molar-refractivity contribution in [3.05, 3.63) is 0 Å². The molecule has 6 heteroatoms. The zero-order chi connectivity index (χ0) is 13.3. The minimum absolute atomic E-state index is 0.0241. The molecule has 5 nitrogen and oxygen atoms in total. The summed E-state index contributed by atoms with van der Waals surface area (Å²) < 4.78 is 23.1. The molecule has 0 fully saturated rings. The average Bonchev–Trinajstić information content (AvgIpc) is 2.14. The van der Waals surface area contributed by atoms with Gasteiger partial charge in [-0.15, -0.1) is 0 Å². The molecule has 0 unspecified atom stereocenters. The van der Waals surface area contributed by atoms with Gasteiger partial charge in [-0.05, 0) is 39.8 Å². The van der Waals surface area contributed by atoms with Crippen molar-refractivity contribution in [2.75, 3.05) is 24.6 Å². The molecule has 0 aliphatic carbocycles. The van der Waals surface area contributed by atoms with Crippen molar-refractivity contribution in [1.82, 2.24) is 10.6 Å². The van der Waals surface area contributed by atoms with Crippen LogP contribution in [0.1, 0.15) is 33.6 Å². The average molecular weight is 264 g/mol. The fourth-order valence-corrected chi connectivity index (χ4v) is 2.57. The van der Waals surface area contributed by atoms with Gasteiger partial charge in [0.25, 0.3) is 0 Å². The van der Waals surface area contributed by atoms with Crippen LogP contribution in [0, 0.1) is 0 Å². The molecule has 0 atom stereocenters. The van der Waals surface area contributed by atoms with Gasteiger partial charge in [-0.1, -0.05) is 6.92 Å². The van der Waals surface area contributed by atoms with E-state index in [9.17, 15) is 13.2 Å². The summed E-state index contributed by atoms with van der Waals surface area (Å²) >= 11 is 0. The summed E-state index contributed by atoms with van der Waals surface area (Å²) in [6.07, 6.45) is 1.58. The molecule has 0 saturated carbocycles. The van der Waals surface area contributed by atoms with E-state index >= 15 is 0 Å². The van der Waals surface area contributed by atoms with Crippen molar-refractivity contribution < 1.29 is 13.2 Å². The maximum Gasteiger partial charge on any atom is 0.235 e. The first kappa shape index (κ1) is 16.4. The van der Waals surface area contributed by atoms with Crippen molar-refractivity contribution >= 4 is 15.7 Å². The second kappa shape index (κ2) is 8.47. The van der Waals surface area contributed by atoms with Crippen molar-refractivity contribution in [3.63, 3.8) is 0 Å². The molecule has 0 aromatic heterocycles. The highest BCUT2D eigenvalue weighted by Crippen LogP contribution is 1.94. The van der Waals surface area contributed by atoms with Gasteiger partial charge < -0.3 is 10.6 Å². The van der Waals surface area contributed by atoms with Crippen molar-refractivity contribution in [1.29, 1.82) is 0 Å². The lowest BCUT2D eigenvalue weighted by atomic mass is 10.4. The summed E-state index contributed by atoms with van der Waals surface area (Å²) in [7, 11) is -3.27. The number of rotatable bonds is 9. The molecular formula is C11H24N2O3S. The van der Waals surface area contributed by atoms with E-state index in [1.807, 2.05) is 0 Å². The Morgan fingerprint density at radius 2 is 1.88 bits per heavy atom. The van der Waals surface area contributed by atoms with Gasteiger partial charge in [0.05, 0.1) is 5.75 Å². The highest BCUT2D eigenvalue weighted by molar-refractivity contribution is 7.92. The van der Waals surface area contributed by atoms with Gasteiger partial charge >= 0.3 is 0 Å². The molecule has 0 heterocycles. The fourth-order valence-electron chi connectivity index (χ4n) is 1.35. The molecule has 0 aromatic rings. The number of carbonyl (C=O) groups excluding carboxylic acids is 1. The largest absolute Gasteiger partial charge is 0.353 e. The van der Waals surface area contributed by atoms with Crippen LogP contribution < -0.4 is 10.6 Å². The van der Waals surface area contributed by atoms with Gasteiger partial charge in [-0.25, -0.2) is 8.42 Å². The molecule has 0 radical (unpaired) electrons. The van der Waals surface area contributed by atoms with Gasteiger partial charge in [0.2, 0.25) is 5.91 Å². The quantitative estimate of drug-likeness (QED) is 0.588. The van der Waals surface area contributed by atoms with E-state index in [4.69, 9.17) is 0 Å². The van der Waals surface area contributed by atoms with Crippen LogP contribution in [0.25, 0.3) is 0 Å². The zero-order valence-corrected chi connectivity index (χ0v) is 11.8. The van der Waals surface area contributed by atoms with E-state index in [-0.39, 0.29) is 11.8 Å². The van der Waals surface area contributed by atoms with Gasteiger partial charge in [-0.2, -0.15) is 0 Å². The highest BCUT2D eigenvalue weighted by Gasteiger charge is 2.16. The Bertz CT molecular complexity index is 313. The summed E-state index contributed by atoms with van der Waals surface area (Å²) in [6.45, 7) is 7.24. The van der Waals surface area contributed by atoms with Crippen molar-refractivity contribution in [2.24, 2.45) is 0 Å². The predicted octanol–water partition coefficient (Wildman–Crippen LogP) is 0.316. The molecule has 1 amide bonds. The van der Waals surface area contributed by atoms with Crippen LogP contribution in [0.5, 0.6) is 0 Å². The Hall–Kier alpha value is -0.620. The van der Waals surface area contributed by atoms with E-state index < -0.39 is 21.5 Å². The van der Waals surface area contributed by atoms with Gasteiger partial charge in [0.15, 0.2) is 9.84 Å². The number of sulfone groups is 1. The third kappa shape index (κ3) is 10.3. The normalized spacial score (nSPS) is 11.8. The van der Waals surface area contributed by atoms with Crippen LogP contribution >= 0.6 is 0 Å². The molecule has 0 spiro atoms. The molecule has 0 saturated heterocycles. The van der Waals surface area contributed by atoms with E-state index in [2.05, 4.69) is 17.6 Å². The molecule has 2 N–H and O–H groups in total. The molecule has 0 aliphatic rings. The SMILES string of the molecule is CCCNCCCS(=O)(=O)CC(=O)NC(C)C. The first-order valence-electron chi connectivity index (χ1n) is 6.08. The topological polar surface area (TPSA) is 75.3 Å². The number of amides is 1. The number of hydrogen-bond acceptors (Lipinski definition) is 4. The van der Waals surface area contributed by atoms with E-state index in [0.29, 0.717) is 13.0 Å². The monoisotopic (exact) mass is 264 g/mol. The molecule has 17 heavy (non-hydrogen) atoms. The van der Waals surface area contributed by atoms with Crippen LogP contribution in [-0.4, -0.2) is 45.0 Å². The fraction of sp³-hybridized carbons (Fsp3) is 0.909. The summed E-state index contributed by atoms with van der Waals surface area (Å²) in [5.74, 6) is -0.754. The Morgan fingerprint density at radius 3 is 2.41 bits per heavy atom. The smallest absolute Gasteiger partial charge is 0.235 e. The number of nitrogens with one attached hydrogen (secondary N) is 2. The third-order valence-electron chi connectivity index (χ3n) is 2.04. The highest BCUT2D eigenvalue weighted by atomic mass is 32.2. The van der Waals surface area contributed by atoms with Gasteiger partial charge in [0, 0.05) is 6.04 Å². The lowest BCUT2D eigenvalue weighted by molar-refractivity contribution is -0.119. The summed E-state index contributed by atoms with van der Waals surface area (Å²) in [6, 6.07) is -0.0241. The van der Waals surface area contributed by atoms with Crippen LogP contribution in [0.4, 0.5) is 0 Å². The second-order valence-corrected chi connectivity index (χ2v) is 6.60. The van der Waals surface area contributed by atoms with Crippen LogP contribution in [0.3, 0.4) is 0 Å². The summed E-state index contributed by atoms with van der Waals surface area (Å²) in [5.41, 5.74) is 0. The number of hydrogen-bond donors (Lipinski definition) is 2. The first-order chi connectivity index (χ1) is 7.87. The summed E-state index contributed by atoms with van der Waals surface area (Å²) in [5, 5.41) is 5.70. The summed E-state index contributed by atoms with van der Waals surface area (Å²) in [4.78, 5) is 11.3. The minimum Gasteiger partial charge on any atom is -0.353 e. The Labute approximate surface area is 104 Å². The molecule has 0 aromatic carbocycles. The lowest BCUT2D eigenvalue weighted by Gasteiger charge is -2.09. The standard InChI is InChI=1S/C11H24N2O3S/c1-4-6-12-7-5-8-17(15,16)9-11(14)13-10(2)3/h10,12H,4-9H2,1-3H3,(H,13,14). The van der Waals surface area contributed by atoms with Gasteiger partial charge in [0.1, 0.15) is 5.75 Å². The Morgan fingerprint density at radius 1 is 1.24 bits per heavy atom. The lowest BCUT2D eigenvalue weighted by Crippen LogP contribution is -2.36. The van der Waals surface area contributed by atoms with Crippen LogP contribution in [-0.2, 0) is 14.6 Å². The van der Waals surface area contributed by atoms with E-state index in [0.717, 1.165) is 13.0 Å². The molecule has 0 bridgehead atoms. The third-order valence-corrected chi connectivity index (χ3v) is 3.65. The van der Waals surface area contributed by atoms with Crippen LogP contribution in [0.15, 0.2) is 0 Å². The molecule has 0 rings (SSSR count). The minimum atomic E-state index is -3.27. The predicted molar refractivity (Wildman–Crippen MR) is 69.7 cm³/mol. The van der Waals surface area contributed by atoms with Crippen LogP contribution in [0.2, 0.25) is 0 Å². The molecular weight excluding hydrogens is 240 g/mol. The van der Waals surface area contributed by atoms with Crippen molar-refractivity contribution in [3.8, 4) is 0 Å². The first-order valence-corrected chi connectivity index (χ1v) is 7.90.